The average molecular weight is 302 g/mol. The molecule has 0 aliphatic rings. The molecule has 2 aromatic heterocycles. The van der Waals surface area contributed by atoms with Gasteiger partial charge in [-0.2, -0.15) is 9.97 Å². The first kappa shape index (κ1) is 13.5. The first-order chi connectivity index (χ1) is 10.1. The van der Waals surface area contributed by atoms with Gasteiger partial charge in [0, 0.05) is 5.56 Å². The van der Waals surface area contributed by atoms with Crippen molar-refractivity contribution in [2.75, 3.05) is 5.32 Å². The molecule has 2 heterocycles. The standard InChI is InChI=1S/C14H12ClN5O/c1-7-4-3-5-9(8(7)2)13(21)20-14-18-11(15)10-12(19-14)17-6-16-10/h3-6H,1-2H3,(H2,16,17,18,19,20,21). The highest BCUT2D eigenvalue weighted by molar-refractivity contribution is 6.33. The fourth-order valence-electron chi connectivity index (χ4n) is 2.02. The molecule has 0 bridgehead atoms. The summed E-state index contributed by atoms with van der Waals surface area (Å²) in [6.45, 7) is 3.85. The van der Waals surface area contributed by atoms with Crippen LogP contribution in [0.4, 0.5) is 5.95 Å². The molecule has 3 rings (SSSR count). The van der Waals surface area contributed by atoms with Gasteiger partial charge in [0.2, 0.25) is 5.95 Å². The summed E-state index contributed by atoms with van der Waals surface area (Å²) in [4.78, 5) is 27.3. The molecule has 0 atom stereocenters. The summed E-state index contributed by atoms with van der Waals surface area (Å²) in [5.41, 5.74) is 3.50. The van der Waals surface area contributed by atoms with Crippen LogP contribution in [0.25, 0.3) is 11.2 Å². The molecule has 0 saturated carbocycles. The Bertz CT molecular complexity index is 842. The Balaban J connectivity index is 1.94. The molecule has 0 radical (unpaired) electrons. The Morgan fingerprint density at radius 1 is 1.29 bits per heavy atom. The maximum absolute atomic E-state index is 12.3. The number of aromatic nitrogens is 4. The fourth-order valence-corrected chi connectivity index (χ4v) is 2.24. The van der Waals surface area contributed by atoms with Gasteiger partial charge < -0.3 is 4.98 Å². The summed E-state index contributed by atoms with van der Waals surface area (Å²) < 4.78 is 0. The summed E-state index contributed by atoms with van der Waals surface area (Å²) in [5, 5.41) is 2.87. The highest BCUT2D eigenvalue weighted by atomic mass is 35.5. The number of aromatic amines is 1. The predicted molar refractivity (Wildman–Crippen MR) is 80.6 cm³/mol. The molecule has 0 saturated heterocycles. The van der Waals surface area contributed by atoms with Crippen molar-refractivity contribution >= 4 is 34.6 Å². The number of hydrogen-bond donors (Lipinski definition) is 2. The molecule has 3 aromatic rings. The molecule has 7 heteroatoms. The number of H-pyrrole nitrogens is 1. The van der Waals surface area contributed by atoms with E-state index in [1.165, 1.54) is 6.33 Å². The van der Waals surface area contributed by atoms with Gasteiger partial charge in [-0.25, -0.2) is 4.98 Å². The zero-order chi connectivity index (χ0) is 15.0. The van der Waals surface area contributed by atoms with Crippen molar-refractivity contribution in [2.24, 2.45) is 0 Å². The summed E-state index contributed by atoms with van der Waals surface area (Å²) in [6, 6.07) is 5.55. The number of aryl methyl sites for hydroxylation is 1. The van der Waals surface area contributed by atoms with Crippen molar-refractivity contribution in [3.05, 3.63) is 46.4 Å². The molecule has 106 valence electrons. The number of nitrogens with zero attached hydrogens (tertiary/aromatic N) is 3. The van der Waals surface area contributed by atoms with Crippen LogP contribution in [0.3, 0.4) is 0 Å². The number of anilines is 1. The van der Waals surface area contributed by atoms with Crippen LogP contribution in [-0.2, 0) is 0 Å². The third-order valence-electron chi connectivity index (χ3n) is 3.32. The minimum absolute atomic E-state index is 0.130. The van der Waals surface area contributed by atoms with E-state index in [1.807, 2.05) is 26.0 Å². The summed E-state index contributed by atoms with van der Waals surface area (Å²) in [7, 11) is 0. The lowest BCUT2D eigenvalue weighted by molar-refractivity contribution is 0.102. The monoisotopic (exact) mass is 301 g/mol. The Labute approximate surface area is 125 Å². The van der Waals surface area contributed by atoms with Gasteiger partial charge in [-0.05, 0) is 31.0 Å². The molecular weight excluding hydrogens is 290 g/mol. The van der Waals surface area contributed by atoms with E-state index in [0.29, 0.717) is 16.7 Å². The lowest BCUT2D eigenvalue weighted by atomic mass is 10.0. The number of rotatable bonds is 2. The zero-order valence-electron chi connectivity index (χ0n) is 11.4. The summed E-state index contributed by atoms with van der Waals surface area (Å²) >= 11 is 6.02. The number of amides is 1. The number of nitrogens with one attached hydrogen (secondary N) is 2. The van der Waals surface area contributed by atoms with Crippen LogP contribution in [0.1, 0.15) is 21.5 Å². The number of hydrogen-bond acceptors (Lipinski definition) is 4. The molecule has 21 heavy (non-hydrogen) atoms. The number of halogens is 1. The summed E-state index contributed by atoms with van der Waals surface area (Å²) in [6.07, 6.45) is 1.47. The second kappa shape index (κ2) is 5.14. The molecule has 0 unspecified atom stereocenters. The smallest absolute Gasteiger partial charge is 0.258 e. The third-order valence-corrected chi connectivity index (χ3v) is 3.59. The molecule has 0 fully saturated rings. The first-order valence-electron chi connectivity index (χ1n) is 6.30. The third kappa shape index (κ3) is 2.45. The average Bonchev–Trinajstić information content (AvgIpc) is 2.90. The van der Waals surface area contributed by atoms with E-state index in [4.69, 9.17) is 11.6 Å². The topological polar surface area (TPSA) is 83.6 Å². The fraction of sp³-hybridized carbons (Fsp3) is 0.143. The number of benzene rings is 1. The van der Waals surface area contributed by atoms with Gasteiger partial charge in [0.1, 0.15) is 5.52 Å². The molecule has 2 N–H and O–H groups in total. The van der Waals surface area contributed by atoms with Gasteiger partial charge in [0.15, 0.2) is 10.8 Å². The highest BCUT2D eigenvalue weighted by Crippen LogP contribution is 2.19. The van der Waals surface area contributed by atoms with Crippen LogP contribution in [0.2, 0.25) is 5.15 Å². The van der Waals surface area contributed by atoms with E-state index in [-0.39, 0.29) is 17.0 Å². The Morgan fingerprint density at radius 2 is 2.10 bits per heavy atom. The number of fused-ring (bicyclic) bond motifs is 1. The minimum Gasteiger partial charge on any atom is -0.341 e. The molecule has 0 aliphatic heterocycles. The summed E-state index contributed by atoms with van der Waals surface area (Å²) in [5.74, 6) is -0.146. The molecule has 6 nitrogen and oxygen atoms in total. The first-order valence-corrected chi connectivity index (χ1v) is 6.68. The van der Waals surface area contributed by atoms with E-state index in [0.717, 1.165) is 11.1 Å². The lowest BCUT2D eigenvalue weighted by Gasteiger charge is -2.08. The van der Waals surface area contributed by atoms with Crippen molar-refractivity contribution in [2.45, 2.75) is 13.8 Å². The quantitative estimate of drug-likeness (QED) is 0.713. The van der Waals surface area contributed by atoms with Crippen LogP contribution in [0, 0.1) is 13.8 Å². The molecule has 1 aromatic carbocycles. The van der Waals surface area contributed by atoms with E-state index in [9.17, 15) is 4.79 Å². The van der Waals surface area contributed by atoms with Crippen molar-refractivity contribution in [1.82, 2.24) is 19.9 Å². The van der Waals surface area contributed by atoms with E-state index >= 15 is 0 Å². The van der Waals surface area contributed by atoms with E-state index < -0.39 is 0 Å². The highest BCUT2D eigenvalue weighted by Gasteiger charge is 2.14. The van der Waals surface area contributed by atoms with Gasteiger partial charge in [-0.1, -0.05) is 23.7 Å². The van der Waals surface area contributed by atoms with Crippen LogP contribution in [-0.4, -0.2) is 25.8 Å². The predicted octanol–water partition coefficient (Wildman–Crippen LogP) is 2.88. The largest absolute Gasteiger partial charge is 0.341 e. The number of imidazole rings is 1. The van der Waals surface area contributed by atoms with Gasteiger partial charge in [0.05, 0.1) is 6.33 Å². The van der Waals surface area contributed by atoms with Gasteiger partial charge >= 0.3 is 0 Å². The van der Waals surface area contributed by atoms with Crippen LogP contribution in [0.15, 0.2) is 24.5 Å². The normalized spacial score (nSPS) is 10.8. The van der Waals surface area contributed by atoms with Crippen LogP contribution in [0.5, 0.6) is 0 Å². The van der Waals surface area contributed by atoms with E-state index in [1.54, 1.807) is 6.07 Å². The molecule has 0 spiro atoms. The lowest BCUT2D eigenvalue weighted by Crippen LogP contribution is -2.16. The van der Waals surface area contributed by atoms with E-state index in [2.05, 4.69) is 25.3 Å². The second-order valence-electron chi connectivity index (χ2n) is 4.64. The van der Waals surface area contributed by atoms with Crippen molar-refractivity contribution < 1.29 is 4.79 Å². The Kier molecular flexibility index (Phi) is 3.31. The van der Waals surface area contributed by atoms with Crippen LogP contribution >= 0.6 is 11.6 Å². The second-order valence-corrected chi connectivity index (χ2v) is 5.00. The number of carbonyl (C=O) groups is 1. The maximum Gasteiger partial charge on any atom is 0.258 e. The van der Waals surface area contributed by atoms with Crippen molar-refractivity contribution in [3.63, 3.8) is 0 Å². The zero-order valence-corrected chi connectivity index (χ0v) is 12.2. The molecule has 0 aliphatic carbocycles. The maximum atomic E-state index is 12.3. The van der Waals surface area contributed by atoms with Gasteiger partial charge in [0.25, 0.3) is 5.91 Å². The van der Waals surface area contributed by atoms with Crippen LogP contribution < -0.4 is 5.32 Å². The van der Waals surface area contributed by atoms with Crippen molar-refractivity contribution in [3.8, 4) is 0 Å². The molecule has 1 amide bonds. The SMILES string of the molecule is Cc1cccc(C(=O)Nc2nc(Cl)c3[nH]cnc3n2)c1C. The van der Waals surface area contributed by atoms with Gasteiger partial charge in [-0.3, -0.25) is 10.1 Å². The Morgan fingerprint density at radius 3 is 2.90 bits per heavy atom. The number of carbonyl (C=O) groups excluding carboxylic acids is 1. The van der Waals surface area contributed by atoms with Gasteiger partial charge in [-0.15, -0.1) is 0 Å². The molecular formula is C14H12ClN5O. The Hall–Kier alpha value is -2.47. The minimum atomic E-state index is -0.276. The van der Waals surface area contributed by atoms with Crippen molar-refractivity contribution in [1.29, 1.82) is 0 Å².